The number of nitrogens with one attached hydrogen (secondary N) is 2. The Bertz CT molecular complexity index is 522. The molecule has 0 aliphatic rings. The average molecular weight is 387 g/mol. The van der Waals surface area contributed by atoms with Gasteiger partial charge in [-0.3, -0.25) is 0 Å². The standard InChI is InChI=1S/C10H15FIN3O2S/c1-2-15-18(16,17)4-3-14-10-5-7(11)8(12)6-9(10)13/h5-6,14-15H,2-4,13H2,1H3. The molecular weight excluding hydrogens is 372 g/mol. The maximum atomic E-state index is 13.3. The van der Waals surface area contributed by atoms with Gasteiger partial charge in [-0.2, -0.15) is 0 Å². The van der Waals surface area contributed by atoms with E-state index in [1.54, 1.807) is 6.92 Å². The second-order valence-corrected chi connectivity index (χ2v) is 6.69. The van der Waals surface area contributed by atoms with E-state index in [2.05, 4.69) is 10.0 Å². The lowest BCUT2D eigenvalue weighted by Gasteiger charge is -2.10. The van der Waals surface area contributed by atoms with Crippen molar-refractivity contribution in [2.75, 3.05) is 29.9 Å². The SMILES string of the molecule is CCNS(=O)(=O)CCNc1cc(F)c(I)cc1N. The van der Waals surface area contributed by atoms with E-state index in [0.717, 1.165) is 0 Å². The second kappa shape index (κ2) is 6.53. The van der Waals surface area contributed by atoms with E-state index in [4.69, 9.17) is 5.73 Å². The summed E-state index contributed by atoms with van der Waals surface area (Å²) in [5.74, 6) is -0.477. The van der Waals surface area contributed by atoms with E-state index in [9.17, 15) is 12.8 Å². The van der Waals surface area contributed by atoms with E-state index < -0.39 is 10.0 Å². The molecule has 1 aromatic rings. The van der Waals surface area contributed by atoms with Gasteiger partial charge in [-0.25, -0.2) is 17.5 Å². The predicted octanol–water partition coefficient (Wildman–Crippen LogP) is 1.36. The first-order valence-electron chi connectivity index (χ1n) is 5.31. The number of hydrogen-bond donors (Lipinski definition) is 3. The maximum Gasteiger partial charge on any atom is 0.213 e. The number of anilines is 2. The molecule has 102 valence electrons. The molecule has 4 N–H and O–H groups in total. The van der Waals surface area contributed by atoms with Crippen molar-refractivity contribution in [3.8, 4) is 0 Å². The molecular formula is C10H15FIN3O2S. The van der Waals surface area contributed by atoms with Gasteiger partial charge in [0.2, 0.25) is 10.0 Å². The van der Waals surface area contributed by atoms with Gasteiger partial charge >= 0.3 is 0 Å². The Kier molecular flexibility index (Phi) is 5.60. The summed E-state index contributed by atoms with van der Waals surface area (Å²) in [4.78, 5) is 0. The van der Waals surface area contributed by atoms with Crippen molar-refractivity contribution in [2.24, 2.45) is 0 Å². The smallest absolute Gasteiger partial charge is 0.213 e. The summed E-state index contributed by atoms with van der Waals surface area (Å²) in [6.07, 6.45) is 0. The van der Waals surface area contributed by atoms with Crippen LogP contribution in [0.1, 0.15) is 6.92 Å². The molecule has 0 aliphatic carbocycles. The number of sulfonamides is 1. The fraction of sp³-hybridized carbons (Fsp3) is 0.400. The number of benzene rings is 1. The molecule has 0 saturated carbocycles. The fourth-order valence-corrected chi connectivity index (χ4v) is 2.77. The van der Waals surface area contributed by atoms with Gasteiger partial charge in [0.05, 0.1) is 20.7 Å². The van der Waals surface area contributed by atoms with Gasteiger partial charge in [0, 0.05) is 19.2 Å². The molecule has 0 saturated heterocycles. The highest BCUT2D eigenvalue weighted by atomic mass is 127. The van der Waals surface area contributed by atoms with Crippen molar-refractivity contribution < 1.29 is 12.8 Å². The molecule has 0 radical (unpaired) electrons. The number of halogens is 2. The van der Waals surface area contributed by atoms with Gasteiger partial charge < -0.3 is 11.1 Å². The molecule has 0 unspecified atom stereocenters. The number of nitrogen functional groups attached to an aromatic ring is 1. The topological polar surface area (TPSA) is 84.2 Å². The molecule has 0 heterocycles. The first-order valence-corrected chi connectivity index (χ1v) is 8.04. The van der Waals surface area contributed by atoms with Crippen molar-refractivity contribution in [3.63, 3.8) is 0 Å². The zero-order chi connectivity index (χ0) is 13.8. The highest BCUT2D eigenvalue weighted by Gasteiger charge is 2.09. The second-order valence-electron chi connectivity index (χ2n) is 3.60. The minimum Gasteiger partial charge on any atom is -0.397 e. The van der Waals surface area contributed by atoms with Crippen LogP contribution in [0.25, 0.3) is 0 Å². The minimum absolute atomic E-state index is 0.0894. The first kappa shape index (κ1) is 15.4. The minimum atomic E-state index is -3.28. The van der Waals surface area contributed by atoms with Crippen LogP contribution in [-0.4, -0.2) is 27.3 Å². The summed E-state index contributed by atoms with van der Waals surface area (Å²) in [7, 11) is -3.28. The molecule has 0 aliphatic heterocycles. The van der Waals surface area contributed by atoms with Crippen LogP contribution in [0.2, 0.25) is 0 Å². The highest BCUT2D eigenvalue weighted by molar-refractivity contribution is 14.1. The van der Waals surface area contributed by atoms with Gasteiger partial charge in [0.1, 0.15) is 5.82 Å². The molecule has 1 rings (SSSR count). The summed E-state index contributed by atoms with van der Waals surface area (Å²) in [5.41, 5.74) is 6.49. The van der Waals surface area contributed by atoms with Crippen LogP contribution < -0.4 is 15.8 Å². The predicted molar refractivity (Wildman–Crippen MR) is 79.5 cm³/mol. The quantitative estimate of drug-likeness (QED) is 0.509. The molecule has 0 spiro atoms. The summed E-state index contributed by atoms with van der Waals surface area (Å²) < 4.78 is 38.8. The Balaban J connectivity index is 2.62. The van der Waals surface area contributed by atoms with E-state index in [-0.39, 0.29) is 18.1 Å². The Labute approximate surface area is 120 Å². The van der Waals surface area contributed by atoms with E-state index >= 15 is 0 Å². The summed E-state index contributed by atoms with van der Waals surface area (Å²) >= 11 is 1.84. The normalized spacial score (nSPS) is 11.5. The molecule has 18 heavy (non-hydrogen) atoms. The zero-order valence-electron chi connectivity index (χ0n) is 9.83. The van der Waals surface area contributed by atoms with Crippen molar-refractivity contribution >= 4 is 44.0 Å². The number of nitrogens with two attached hydrogens (primary N) is 1. The highest BCUT2D eigenvalue weighted by Crippen LogP contribution is 2.23. The van der Waals surface area contributed by atoms with Crippen LogP contribution in [0.15, 0.2) is 12.1 Å². The lowest BCUT2D eigenvalue weighted by atomic mass is 10.2. The van der Waals surface area contributed by atoms with E-state index in [1.165, 1.54) is 12.1 Å². The van der Waals surface area contributed by atoms with Crippen LogP contribution in [0.4, 0.5) is 15.8 Å². The Morgan fingerprint density at radius 2 is 2.11 bits per heavy atom. The van der Waals surface area contributed by atoms with Gasteiger partial charge in [-0.05, 0) is 28.7 Å². The Morgan fingerprint density at radius 3 is 2.72 bits per heavy atom. The van der Waals surface area contributed by atoms with Crippen molar-refractivity contribution in [1.29, 1.82) is 0 Å². The fourth-order valence-electron chi connectivity index (χ4n) is 1.33. The van der Waals surface area contributed by atoms with E-state index in [0.29, 0.717) is 21.5 Å². The molecule has 0 fully saturated rings. The zero-order valence-corrected chi connectivity index (χ0v) is 12.8. The number of hydrogen-bond acceptors (Lipinski definition) is 4. The van der Waals surface area contributed by atoms with E-state index in [1.807, 2.05) is 22.6 Å². The van der Waals surface area contributed by atoms with Gasteiger partial charge in [-0.1, -0.05) is 6.92 Å². The Hall–Kier alpha value is -0.610. The lowest BCUT2D eigenvalue weighted by Crippen LogP contribution is -2.29. The van der Waals surface area contributed by atoms with Crippen molar-refractivity contribution in [3.05, 3.63) is 21.5 Å². The molecule has 0 atom stereocenters. The summed E-state index contributed by atoms with van der Waals surface area (Å²) in [6.45, 7) is 2.22. The van der Waals surface area contributed by atoms with Gasteiger partial charge in [0.15, 0.2) is 0 Å². The van der Waals surface area contributed by atoms with Gasteiger partial charge in [0.25, 0.3) is 0 Å². The third-order valence-corrected chi connectivity index (χ3v) is 4.44. The largest absolute Gasteiger partial charge is 0.397 e. The molecule has 0 bridgehead atoms. The maximum absolute atomic E-state index is 13.3. The lowest BCUT2D eigenvalue weighted by molar-refractivity contribution is 0.584. The monoisotopic (exact) mass is 387 g/mol. The van der Waals surface area contributed by atoms with Gasteiger partial charge in [-0.15, -0.1) is 0 Å². The molecule has 8 heteroatoms. The molecule has 0 amide bonds. The van der Waals surface area contributed by atoms with Crippen LogP contribution in [0.3, 0.4) is 0 Å². The van der Waals surface area contributed by atoms with Crippen molar-refractivity contribution in [2.45, 2.75) is 6.92 Å². The van der Waals surface area contributed by atoms with Crippen LogP contribution in [0.5, 0.6) is 0 Å². The van der Waals surface area contributed by atoms with Crippen LogP contribution in [-0.2, 0) is 10.0 Å². The molecule has 1 aromatic carbocycles. The van der Waals surface area contributed by atoms with Crippen molar-refractivity contribution in [1.82, 2.24) is 4.72 Å². The Morgan fingerprint density at radius 1 is 1.44 bits per heavy atom. The third kappa shape index (κ3) is 4.58. The molecule has 5 nitrogen and oxygen atoms in total. The third-order valence-electron chi connectivity index (χ3n) is 2.14. The average Bonchev–Trinajstić information content (AvgIpc) is 2.25. The first-order chi connectivity index (χ1) is 8.35. The number of rotatable bonds is 6. The molecule has 0 aromatic heterocycles. The van der Waals surface area contributed by atoms with Crippen LogP contribution >= 0.6 is 22.6 Å². The summed E-state index contributed by atoms with van der Waals surface area (Å²) in [6, 6.07) is 2.76. The van der Waals surface area contributed by atoms with Crippen LogP contribution in [0, 0.1) is 9.39 Å². The summed E-state index contributed by atoms with van der Waals surface area (Å²) in [5, 5.41) is 2.81.